The van der Waals surface area contributed by atoms with Crippen molar-refractivity contribution in [3.05, 3.63) is 57.3 Å². The second kappa shape index (κ2) is 6.24. The average Bonchev–Trinajstić information content (AvgIpc) is 2.60. The summed E-state index contributed by atoms with van der Waals surface area (Å²) in [6.45, 7) is 0.686. The van der Waals surface area contributed by atoms with Crippen molar-refractivity contribution < 1.29 is 9.13 Å². The topological polar surface area (TPSA) is 21.3 Å². The Hall–Kier alpha value is -1.26. The summed E-state index contributed by atoms with van der Waals surface area (Å²) in [4.78, 5) is 0. The first-order valence-corrected chi connectivity index (χ1v) is 7.94. The first-order valence-electron chi connectivity index (χ1n) is 6.77. The van der Waals surface area contributed by atoms with Crippen LogP contribution in [0.5, 0.6) is 5.75 Å². The summed E-state index contributed by atoms with van der Waals surface area (Å²) < 4.78 is 20.2. The lowest BCUT2D eigenvalue weighted by molar-refractivity contribution is 0.316. The summed E-state index contributed by atoms with van der Waals surface area (Å²) in [6.07, 6.45) is 1.86. The monoisotopic (exact) mass is 369 g/mol. The summed E-state index contributed by atoms with van der Waals surface area (Å²) >= 11 is 9.36. The summed E-state index contributed by atoms with van der Waals surface area (Å²) in [5, 5.41) is 3.75. The van der Waals surface area contributed by atoms with E-state index in [1.165, 1.54) is 12.1 Å². The molecule has 110 valence electrons. The van der Waals surface area contributed by atoms with Gasteiger partial charge in [-0.2, -0.15) is 0 Å². The van der Waals surface area contributed by atoms with Crippen LogP contribution in [0.4, 0.5) is 10.1 Å². The van der Waals surface area contributed by atoms with Crippen LogP contribution in [0.1, 0.15) is 24.4 Å². The summed E-state index contributed by atoms with van der Waals surface area (Å²) in [7, 11) is 0. The molecule has 2 nitrogen and oxygen atoms in total. The highest BCUT2D eigenvalue weighted by atomic mass is 79.9. The lowest BCUT2D eigenvalue weighted by Crippen LogP contribution is -2.10. The Kier molecular flexibility index (Phi) is 4.36. The van der Waals surface area contributed by atoms with Crippen molar-refractivity contribution in [3.8, 4) is 5.75 Å². The first kappa shape index (κ1) is 14.7. The molecule has 0 aliphatic carbocycles. The molecule has 1 aliphatic heterocycles. The molecule has 2 aromatic carbocycles. The number of hydrogen-bond acceptors (Lipinski definition) is 2. The van der Waals surface area contributed by atoms with Crippen molar-refractivity contribution in [1.82, 2.24) is 0 Å². The maximum absolute atomic E-state index is 13.5. The van der Waals surface area contributed by atoms with Gasteiger partial charge in [-0.05, 0) is 43.2 Å². The normalized spacial score (nSPS) is 17.6. The third kappa shape index (κ3) is 3.50. The summed E-state index contributed by atoms with van der Waals surface area (Å²) in [5.41, 5.74) is 1.76. The molecule has 21 heavy (non-hydrogen) atoms. The molecule has 0 fully saturated rings. The van der Waals surface area contributed by atoms with Gasteiger partial charge in [-0.15, -0.1) is 0 Å². The number of anilines is 1. The highest BCUT2D eigenvalue weighted by Gasteiger charge is 2.20. The Morgan fingerprint density at radius 1 is 1.24 bits per heavy atom. The van der Waals surface area contributed by atoms with Crippen LogP contribution in [0, 0.1) is 5.82 Å². The third-order valence-electron chi connectivity index (χ3n) is 3.45. The molecule has 1 unspecified atom stereocenters. The Morgan fingerprint density at radius 2 is 2.10 bits per heavy atom. The van der Waals surface area contributed by atoms with Gasteiger partial charge in [-0.25, -0.2) is 4.39 Å². The van der Waals surface area contributed by atoms with Gasteiger partial charge in [0.1, 0.15) is 11.6 Å². The van der Waals surface area contributed by atoms with Crippen LogP contribution in [-0.4, -0.2) is 6.61 Å². The van der Waals surface area contributed by atoms with Crippen molar-refractivity contribution in [2.75, 3.05) is 11.9 Å². The van der Waals surface area contributed by atoms with Gasteiger partial charge in [-0.3, -0.25) is 0 Å². The van der Waals surface area contributed by atoms with Gasteiger partial charge in [0.05, 0.1) is 12.6 Å². The number of halogens is 3. The van der Waals surface area contributed by atoms with Crippen molar-refractivity contribution in [2.24, 2.45) is 0 Å². The van der Waals surface area contributed by atoms with Crippen molar-refractivity contribution >= 4 is 33.2 Å². The quantitative estimate of drug-likeness (QED) is 0.746. The van der Waals surface area contributed by atoms with E-state index < -0.39 is 0 Å². The first-order chi connectivity index (χ1) is 10.1. The Bertz CT molecular complexity index is 644. The number of fused-ring (bicyclic) bond motifs is 1. The molecule has 0 aromatic heterocycles. The molecule has 5 heteroatoms. The minimum Gasteiger partial charge on any atom is -0.493 e. The van der Waals surface area contributed by atoms with Crippen LogP contribution in [0.3, 0.4) is 0 Å². The van der Waals surface area contributed by atoms with Gasteiger partial charge < -0.3 is 10.1 Å². The van der Waals surface area contributed by atoms with Crippen molar-refractivity contribution in [1.29, 1.82) is 0 Å². The molecule has 3 rings (SSSR count). The van der Waals surface area contributed by atoms with Gasteiger partial charge >= 0.3 is 0 Å². The van der Waals surface area contributed by atoms with E-state index in [0.717, 1.165) is 28.6 Å². The predicted octanol–water partition coefficient (Wildman–Crippen LogP) is 5.57. The minimum absolute atomic E-state index is 0.0773. The van der Waals surface area contributed by atoms with E-state index in [0.29, 0.717) is 17.3 Å². The zero-order valence-electron chi connectivity index (χ0n) is 11.2. The highest BCUT2D eigenvalue weighted by molar-refractivity contribution is 9.10. The predicted molar refractivity (Wildman–Crippen MR) is 86.6 cm³/mol. The van der Waals surface area contributed by atoms with Crippen LogP contribution >= 0.6 is 27.5 Å². The maximum Gasteiger partial charge on any atom is 0.126 e. The summed E-state index contributed by atoms with van der Waals surface area (Å²) in [6, 6.07) is 10.5. The smallest absolute Gasteiger partial charge is 0.126 e. The molecule has 0 saturated heterocycles. The fourth-order valence-electron chi connectivity index (χ4n) is 2.53. The largest absolute Gasteiger partial charge is 0.493 e. The Labute approximate surface area is 136 Å². The lowest BCUT2D eigenvalue weighted by atomic mass is 10.0. The molecule has 0 bridgehead atoms. The lowest BCUT2D eigenvalue weighted by Gasteiger charge is -2.20. The van der Waals surface area contributed by atoms with Crippen LogP contribution in [0.25, 0.3) is 0 Å². The number of nitrogens with one attached hydrogen (secondary N) is 1. The molecule has 0 spiro atoms. The van der Waals surface area contributed by atoms with Gasteiger partial charge in [0.25, 0.3) is 0 Å². The van der Waals surface area contributed by atoms with Crippen LogP contribution in [0.15, 0.2) is 40.9 Å². The molecule has 1 atom stereocenters. The molecule has 0 radical (unpaired) electrons. The Morgan fingerprint density at radius 3 is 2.90 bits per heavy atom. The molecular formula is C16H14BrClFNO. The fraction of sp³-hybridized carbons (Fsp3) is 0.250. The van der Waals surface area contributed by atoms with E-state index in [1.807, 2.05) is 18.2 Å². The van der Waals surface area contributed by atoms with Gasteiger partial charge in [0, 0.05) is 20.7 Å². The molecule has 0 saturated carbocycles. The van der Waals surface area contributed by atoms with Gasteiger partial charge in [0.2, 0.25) is 0 Å². The molecule has 1 N–H and O–H groups in total. The number of hydrogen-bond donors (Lipinski definition) is 1. The molecule has 0 amide bonds. The number of ether oxygens (including phenoxy) is 1. The SMILES string of the molecule is Fc1cc(Cl)cc(NC2CCCOc3cc(Br)ccc32)c1. The van der Waals surface area contributed by atoms with Crippen molar-refractivity contribution in [3.63, 3.8) is 0 Å². The van der Waals surface area contributed by atoms with E-state index in [1.54, 1.807) is 6.07 Å². The zero-order chi connectivity index (χ0) is 14.8. The van der Waals surface area contributed by atoms with E-state index in [9.17, 15) is 4.39 Å². The van der Waals surface area contributed by atoms with E-state index in [-0.39, 0.29) is 11.9 Å². The molecular weight excluding hydrogens is 357 g/mol. The second-order valence-electron chi connectivity index (χ2n) is 5.03. The average molecular weight is 371 g/mol. The van der Waals surface area contributed by atoms with Crippen LogP contribution in [-0.2, 0) is 0 Å². The number of rotatable bonds is 2. The van der Waals surface area contributed by atoms with E-state index in [4.69, 9.17) is 16.3 Å². The Balaban J connectivity index is 1.91. The molecule has 2 aromatic rings. The van der Waals surface area contributed by atoms with Crippen LogP contribution in [0.2, 0.25) is 5.02 Å². The summed E-state index contributed by atoms with van der Waals surface area (Å²) in [5.74, 6) is 0.521. The number of benzene rings is 2. The van der Waals surface area contributed by atoms with Crippen molar-refractivity contribution in [2.45, 2.75) is 18.9 Å². The van der Waals surface area contributed by atoms with Gasteiger partial charge in [0.15, 0.2) is 0 Å². The standard InChI is InChI=1S/C16H14BrClFNO/c17-10-3-4-14-15(2-1-5-21-16(14)6-10)20-13-8-11(18)7-12(19)9-13/h3-4,6-9,15,20H,1-2,5H2. The second-order valence-corrected chi connectivity index (χ2v) is 6.38. The van der Waals surface area contributed by atoms with E-state index >= 15 is 0 Å². The maximum atomic E-state index is 13.5. The molecule has 1 aliphatic rings. The minimum atomic E-state index is -0.342. The third-order valence-corrected chi connectivity index (χ3v) is 4.16. The zero-order valence-corrected chi connectivity index (χ0v) is 13.5. The fourth-order valence-corrected chi connectivity index (χ4v) is 3.10. The van der Waals surface area contributed by atoms with E-state index in [2.05, 4.69) is 21.2 Å². The van der Waals surface area contributed by atoms with Crippen LogP contribution < -0.4 is 10.1 Å². The van der Waals surface area contributed by atoms with Gasteiger partial charge in [-0.1, -0.05) is 33.6 Å². The highest BCUT2D eigenvalue weighted by Crippen LogP contribution is 2.36. The molecule has 1 heterocycles.